The number of amides is 2. The molecule has 5 atom stereocenters. The minimum Gasteiger partial charge on any atom is -0.388 e. The molecule has 0 saturated carbocycles. The summed E-state index contributed by atoms with van der Waals surface area (Å²) in [6.07, 6.45) is 1.12. The molecule has 1 saturated heterocycles. The van der Waals surface area contributed by atoms with E-state index in [0.717, 1.165) is 24.8 Å². The van der Waals surface area contributed by atoms with E-state index < -0.39 is 36.4 Å². The Morgan fingerprint density at radius 2 is 1.71 bits per heavy atom. The van der Waals surface area contributed by atoms with E-state index in [9.17, 15) is 19.8 Å². The van der Waals surface area contributed by atoms with Gasteiger partial charge in [0, 0.05) is 13.0 Å². The molecule has 0 radical (unpaired) electrons. The van der Waals surface area contributed by atoms with Gasteiger partial charge in [0.25, 0.3) is 5.91 Å². The van der Waals surface area contributed by atoms with E-state index in [4.69, 9.17) is 4.74 Å². The predicted octanol–water partition coefficient (Wildman–Crippen LogP) is 2.29. The van der Waals surface area contributed by atoms with Crippen LogP contribution >= 0.6 is 0 Å². The van der Waals surface area contributed by atoms with Gasteiger partial charge in [-0.15, -0.1) is 0 Å². The van der Waals surface area contributed by atoms with Crippen LogP contribution in [0.3, 0.4) is 0 Å². The second kappa shape index (κ2) is 12.8. The van der Waals surface area contributed by atoms with Gasteiger partial charge in [-0.2, -0.15) is 0 Å². The zero-order valence-corrected chi connectivity index (χ0v) is 18.9. The molecule has 4 N–H and O–H groups in total. The molecule has 2 rings (SSSR count). The van der Waals surface area contributed by atoms with Crippen LogP contribution in [-0.2, 0) is 20.9 Å². The Morgan fingerprint density at radius 1 is 1.03 bits per heavy atom. The first-order valence-corrected chi connectivity index (χ1v) is 11.4. The number of benzene rings is 1. The van der Waals surface area contributed by atoms with Gasteiger partial charge in [0.1, 0.15) is 12.2 Å². The second-order valence-corrected chi connectivity index (χ2v) is 8.89. The number of nitrogens with one attached hydrogen (secondary N) is 2. The molecule has 0 aromatic heterocycles. The van der Waals surface area contributed by atoms with Crippen LogP contribution in [0, 0.1) is 5.92 Å². The number of carbonyl (C=O) groups excluding carboxylic acids is 2. The van der Waals surface area contributed by atoms with Crippen molar-refractivity contribution in [3.8, 4) is 0 Å². The molecule has 7 heteroatoms. The fourth-order valence-corrected chi connectivity index (χ4v) is 3.82. The maximum Gasteiger partial charge on any atom is 0.252 e. The molecule has 31 heavy (non-hydrogen) atoms. The van der Waals surface area contributed by atoms with Gasteiger partial charge >= 0.3 is 0 Å². The van der Waals surface area contributed by atoms with Gasteiger partial charge in [0.05, 0.1) is 12.1 Å². The van der Waals surface area contributed by atoms with Crippen molar-refractivity contribution in [3.63, 3.8) is 0 Å². The standard InChI is InChI=1S/C24H38N2O5/c1-16(2)11-7-4-5-10-14-19(27)26-20-17(3)31-23(22(29)21(20)28)24(30)25-15-18-12-8-6-9-13-18/h6,8-9,12-13,16-17,20-23,28-29H,4-5,7,10-11,14-15H2,1-3H3,(H,25,30)(H,26,27)/t17-,20?,21+,22-,23?/m0/s1. The SMILES string of the molecule is CC(C)CCCCCCC(=O)NC1[C@H](C)OC(C(=O)NCc2ccccc2)[C@@H](O)[C@@H]1O. The third-order valence-corrected chi connectivity index (χ3v) is 5.73. The number of aliphatic hydroxyl groups excluding tert-OH is 2. The molecule has 0 bridgehead atoms. The van der Waals surface area contributed by atoms with Crippen molar-refractivity contribution >= 4 is 11.8 Å². The third kappa shape index (κ3) is 8.24. The summed E-state index contributed by atoms with van der Waals surface area (Å²) in [6, 6.07) is 8.63. The monoisotopic (exact) mass is 434 g/mol. The number of aliphatic hydroxyl groups is 2. The average Bonchev–Trinajstić information content (AvgIpc) is 2.75. The van der Waals surface area contributed by atoms with Gasteiger partial charge in [-0.3, -0.25) is 9.59 Å². The second-order valence-electron chi connectivity index (χ2n) is 8.89. The summed E-state index contributed by atoms with van der Waals surface area (Å²) >= 11 is 0. The Morgan fingerprint density at radius 3 is 2.39 bits per heavy atom. The molecule has 1 heterocycles. The van der Waals surface area contributed by atoms with E-state index in [1.807, 2.05) is 30.3 Å². The summed E-state index contributed by atoms with van der Waals surface area (Å²) in [5.74, 6) is 0.0317. The van der Waals surface area contributed by atoms with Crippen LogP contribution in [0.4, 0.5) is 0 Å². The van der Waals surface area contributed by atoms with Crippen LogP contribution in [0.2, 0.25) is 0 Å². The average molecular weight is 435 g/mol. The molecule has 0 aliphatic carbocycles. The number of unbranched alkanes of at least 4 members (excludes halogenated alkanes) is 3. The van der Waals surface area contributed by atoms with Crippen molar-refractivity contribution in [1.29, 1.82) is 0 Å². The van der Waals surface area contributed by atoms with Gasteiger partial charge < -0.3 is 25.6 Å². The molecule has 0 spiro atoms. The highest BCUT2D eigenvalue weighted by Gasteiger charge is 2.46. The molecule has 7 nitrogen and oxygen atoms in total. The Labute approximate surface area is 185 Å². The van der Waals surface area contributed by atoms with Gasteiger partial charge in [-0.1, -0.05) is 69.9 Å². The normalized spacial score (nSPS) is 25.9. The molecule has 2 unspecified atom stereocenters. The summed E-state index contributed by atoms with van der Waals surface area (Å²) in [5, 5.41) is 26.5. The molecule has 1 aliphatic heterocycles. The van der Waals surface area contributed by atoms with E-state index in [-0.39, 0.29) is 5.91 Å². The maximum atomic E-state index is 12.5. The first-order valence-electron chi connectivity index (χ1n) is 11.4. The van der Waals surface area contributed by atoms with Gasteiger partial charge in [0.2, 0.25) is 5.91 Å². The van der Waals surface area contributed by atoms with E-state index in [0.29, 0.717) is 18.9 Å². The fraction of sp³-hybridized carbons (Fsp3) is 0.667. The van der Waals surface area contributed by atoms with Crippen LogP contribution < -0.4 is 10.6 Å². The van der Waals surface area contributed by atoms with Crippen molar-refractivity contribution in [2.24, 2.45) is 5.92 Å². The molecule has 174 valence electrons. The summed E-state index contributed by atoms with van der Waals surface area (Å²) in [6.45, 7) is 6.40. The van der Waals surface area contributed by atoms with Crippen molar-refractivity contribution in [2.75, 3.05) is 0 Å². The van der Waals surface area contributed by atoms with Crippen LogP contribution in [0.5, 0.6) is 0 Å². The van der Waals surface area contributed by atoms with Gasteiger partial charge in [-0.25, -0.2) is 0 Å². The minimum absolute atomic E-state index is 0.178. The summed E-state index contributed by atoms with van der Waals surface area (Å²) < 4.78 is 5.68. The smallest absolute Gasteiger partial charge is 0.252 e. The molecule has 1 aromatic rings. The molecule has 1 aliphatic rings. The lowest BCUT2D eigenvalue weighted by atomic mass is 9.92. The lowest BCUT2D eigenvalue weighted by Crippen LogP contribution is -2.65. The van der Waals surface area contributed by atoms with Crippen LogP contribution in [0.1, 0.15) is 64.9 Å². The van der Waals surface area contributed by atoms with Crippen LogP contribution in [0.15, 0.2) is 30.3 Å². The number of ether oxygens (including phenoxy) is 1. The summed E-state index contributed by atoms with van der Waals surface area (Å²) in [7, 11) is 0. The van der Waals surface area contributed by atoms with E-state index >= 15 is 0 Å². The Balaban J connectivity index is 1.76. The van der Waals surface area contributed by atoms with Crippen molar-refractivity contribution in [3.05, 3.63) is 35.9 Å². The van der Waals surface area contributed by atoms with Crippen LogP contribution in [-0.4, -0.2) is 52.5 Å². The first-order chi connectivity index (χ1) is 14.8. The zero-order valence-electron chi connectivity index (χ0n) is 18.9. The minimum atomic E-state index is -1.42. The Kier molecular flexibility index (Phi) is 10.4. The molecule has 1 fully saturated rings. The Hall–Kier alpha value is -1.96. The van der Waals surface area contributed by atoms with Gasteiger partial charge in [-0.05, 0) is 24.8 Å². The lowest BCUT2D eigenvalue weighted by molar-refractivity contribution is -0.188. The number of hydrogen-bond acceptors (Lipinski definition) is 5. The first kappa shape index (κ1) is 25.3. The van der Waals surface area contributed by atoms with E-state index in [1.165, 1.54) is 12.8 Å². The number of carbonyl (C=O) groups is 2. The zero-order chi connectivity index (χ0) is 22.8. The largest absolute Gasteiger partial charge is 0.388 e. The predicted molar refractivity (Wildman–Crippen MR) is 119 cm³/mol. The highest BCUT2D eigenvalue weighted by Crippen LogP contribution is 2.22. The highest BCUT2D eigenvalue weighted by molar-refractivity contribution is 5.82. The Bertz CT molecular complexity index is 682. The quantitative estimate of drug-likeness (QED) is 0.400. The van der Waals surface area contributed by atoms with Gasteiger partial charge in [0.15, 0.2) is 6.10 Å². The molecule has 1 aromatic carbocycles. The van der Waals surface area contributed by atoms with Crippen molar-refractivity contribution < 1.29 is 24.5 Å². The number of hydrogen-bond donors (Lipinski definition) is 4. The molecular weight excluding hydrogens is 396 g/mol. The highest BCUT2D eigenvalue weighted by atomic mass is 16.5. The fourth-order valence-electron chi connectivity index (χ4n) is 3.82. The number of rotatable bonds is 11. The third-order valence-electron chi connectivity index (χ3n) is 5.73. The molecular formula is C24H38N2O5. The lowest BCUT2D eigenvalue weighted by Gasteiger charge is -2.41. The summed E-state index contributed by atoms with van der Waals surface area (Å²) in [5.41, 5.74) is 0.920. The summed E-state index contributed by atoms with van der Waals surface area (Å²) in [4.78, 5) is 24.8. The van der Waals surface area contributed by atoms with Crippen molar-refractivity contribution in [2.45, 2.75) is 96.3 Å². The van der Waals surface area contributed by atoms with Crippen LogP contribution in [0.25, 0.3) is 0 Å². The molecule has 2 amide bonds. The van der Waals surface area contributed by atoms with E-state index in [2.05, 4.69) is 24.5 Å². The topological polar surface area (TPSA) is 108 Å². The van der Waals surface area contributed by atoms with E-state index in [1.54, 1.807) is 6.92 Å². The maximum absolute atomic E-state index is 12.5. The van der Waals surface area contributed by atoms with Crippen molar-refractivity contribution in [1.82, 2.24) is 10.6 Å².